The molecular weight excluding hydrogens is 492 g/mol. The van der Waals surface area contributed by atoms with Gasteiger partial charge in [0.05, 0.1) is 17.2 Å². The predicted octanol–water partition coefficient (Wildman–Crippen LogP) is 6.05. The summed E-state index contributed by atoms with van der Waals surface area (Å²) >= 11 is 24.8. The van der Waals surface area contributed by atoms with Gasteiger partial charge in [0.25, 0.3) is 11.8 Å². The fourth-order valence-electron chi connectivity index (χ4n) is 3.85. The van der Waals surface area contributed by atoms with Crippen LogP contribution in [0.25, 0.3) is 0 Å². The Bertz CT molecular complexity index is 1040. The molecular formula is C21H16Cl4F2N2O2. The van der Waals surface area contributed by atoms with Crippen LogP contribution in [-0.4, -0.2) is 28.1 Å². The van der Waals surface area contributed by atoms with Gasteiger partial charge in [0.1, 0.15) is 4.33 Å². The first-order chi connectivity index (χ1) is 14.5. The molecule has 2 aromatic rings. The van der Waals surface area contributed by atoms with Crippen LogP contribution >= 0.6 is 46.4 Å². The van der Waals surface area contributed by atoms with E-state index in [1.807, 2.05) is 0 Å². The second-order valence-electron chi connectivity index (χ2n) is 7.80. The van der Waals surface area contributed by atoms with Gasteiger partial charge in [-0.25, -0.2) is 8.78 Å². The molecule has 0 heterocycles. The monoisotopic (exact) mass is 506 g/mol. The summed E-state index contributed by atoms with van der Waals surface area (Å²) in [6, 6.07) is 10.5. The summed E-state index contributed by atoms with van der Waals surface area (Å²) in [5, 5.41) is 6.02. The number of carbonyl (C=O) groups excluding carboxylic acids is 2. The molecule has 10 heteroatoms. The van der Waals surface area contributed by atoms with Crippen molar-refractivity contribution in [2.45, 2.75) is 35.1 Å². The van der Waals surface area contributed by atoms with Crippen molar-refractivity contribution in [3.05, 3.63) is 63.6 Å². The van der Waals surface area contributed by atoms with Gasteiger partial charge in [-0.05, 0) is 35.9 Å². The lowest BCUT2D eigenvalue weighted by Crippen LogP contribution is -2.50. The Balaban J connectivity index is 1.48. The third-order valence-corrected chi connectivity index (χ3v) is 6.81. The molecule has 31 heavy (non-hydrogen) atoms. The molecule has 2 amide bonds. The van der Waals surface area contributed by atoms with Crippen LogP contribution in [0.3, 0.4) is 0 Å². The Kier molecular flexibility index (Phi) is 5.88. The Morgan fingerprint density at radius 2 is 1.61 bits per heavy atom. The van der Waals surface area contributed by atoms with Crippen molar-refractivity contribution in [3.8, 4) is 0 Å². The average molecular weight is 508 g/mol. The zero-order valence-corrected chi connectivity index (χ0v) is 18.8. The molecule has 0 aromatic heterocycles. The Morgan fingerprint density at radius 1 is 1.00 bits per heavy atom. The number of rotatable bonds is 5. The maximum absolute atomic E-state index is 13.0. The van der Waals surface area contributed by atoms with E-state index in [0.29, 0.717) is 15.6 Å². The number of hydrogen-bond acceptors (Lipinski definition) is 2. The van der Waals surface area contributed by atoms with E-state index in [2.05, 4.69) is 10.6 Å². The van der Waals surface area contributed by atoms with Gasteiger partial charge in [0.2, 0.25) is 5.91 Å². The van der Waals surface area contributed by atoms with Gasteiger partial charge >= 0.3 is 0 Å². The van der Waals surface area contributed by atoms with E-state index in [1.54, 1.807) is 36.4 Å². The Hall–Kier alpha value is -1.60. The summed E-state index contributed by atoms with van der Waals surface area (Å²) in [7, 11) is 0. The molecule has 2 aromatic carbocycles. The number of halogens is 6. The first kappa shape index (κ1) is 22.6. The van der Waals surface area contributed by atoms with Gasteiger partial charge in [0.15, 0.2) is 0 Å². The number of anilines is 1. The molecule has 4 nitrogen and oxygen atoms in total. The van der Waals surface area contributed by atoms with E-state index < -0.39 is 52.8 Å². The summed E-state index contributed by atoms with van der Waals surface area (Å²) < 4.78 is 24.7. The van der Waals surface area contributed by atoms with Crippen molar-refractivity contribution < 1.29 is 18.4 Å². The molecule has 0 unspecified atom stereocenters. The number of amides is 2. The van der Waals surface area contributed by atoms with E-state index in [0.717, 1.165) is 0 Å². The number of benzene rings is 2. The SMILES string of the molecule is O=C(NC1CC(F)(F)C1)c1ccccc1NC(=O)[C@H]1[C@H](c2cc(Cl)cc(Cl)c2)C1(Cl)Cl. The fraction of sp³-hybridized carbons (Fsp3) is 0.333. The van der Waals surface area contributed by atoms with Crippen LogP contribution in [0.15, 0.2) is 42.5 Å². The molecule has 2 aliphatic rings. The van der Waals surface area contributed by atoms with E-state index in [1.165, 1.54) is 6.07 Å². The summed E-state index contributed by atoms with van der Waals surface area (Å²) in [5.41, 5.74) is 1.01. The number of alkyl halides is 4. The third-order valence-electron chi connectivity index (χ3n) is 5.43. The predicted molar refractivity (Wildman–Crippen MR) is 118 cm³/mol. The van der Waals surface area contributed by atoms with Gasteiger partial charge in [0, 0.05) is 34.8 Å². The lowest BCUT2D eigenvalue weighted by molar-refractivity contribution is -0.117. The van der Waals surface area contributed by atoms with E-state index in [4.69, 9.17) is 46.4 Å². The van der Waals surface area contributed by atoms with Crippen LogP contribution in [0.5, 0.6) is 0 Å². The van der Waals surface area contributed by atoms with Gasteiger partial charge in [-0.3, -0.25) is 9.59 Å². The Morgan fingerprint density at radius 3 is 2.23 bits per heavy atom. The normalized spacial score (nSPS) is 23.5. The standard InChI is InChI=1S/C21H16Cl4F2N2O2/c22-11-5-10(6-12(23)7-11)16-17(21(16,24)25)19(31)29-15-4-2-1-3-14(15)18(30)28-13-8-20(26,27)9-13/h1-7,13,16-17H,8-9H2,(H,28,30)(H,29,31)/t16-,17+/m0/s1. The van der Waals surface area contributed by atoms with Crippen LogP contribution in [0.4, 0.5) is 14.5 Å². The first-order valence-corrected chi connectivity index (χ1v) is 10.9. The second-order valence-corrected chi connectivity index (χ2v) is 10.1. The highest BCUT2D eigenvalue weighted by atomic mass is 35.5. The third kappa shape index (κ3) is 4.63. The number of para-hydroxylation sites is 1. The second kappa shape index (κ2) is 8.07. The molecule has 0 aliphatic heterocycles. The van der Waals surface area contributed by atoms with Gasteiger partial charge < -0.3 is 10.6 Å². The highest BCUT2D eigenvalue weighted by Crippen LogP contribution is 2.65. The van der Waals surface area contributed by atoms with Crippen molar-refractivity contribution in [2.24, 2.45) is 5.92 Å². The molecule has 2 atom stereocenters. The molecule has 0 bridgehead atoms. The first-order valence-electron chi connectivity index (χ1n) is 9.40. The quantitative estimate of drug-likeness (QED) is 0.484. The molecule has 0 saturated heterocycles. The zero-order chi connectivity index (χ0) is 22.6. The van der Waals surface area contributed by atoms with Crippen LogP contribution < -0.4 is 10.6 Å². The van der Waals surface area contributed by atoms with E-state index in [-0.39, 0.29) is 11.3 Å². The highest BCUT2D eigenvalue weighted by Gasteiger charge is 2.67. The van der Waals surface area contributed by atoms with Crippen LogP contribution in [0.2, 0.25) is 10.0 Å². The molecule has 0 radical (unpaired) electrons. The minimum atomic E-state index is -2.75. The maximum Gasteiger partial charge on any atom is 0.253 e. The number of hydrogen-bond donors (Lipinski definition) is 2. The molecule has 2 fully saturated rings. The summed E-state index contributed by atoms with van der Waals surface area (Å²) in [5.74, 6) is -5.12. The van der Waals surface area contributed by atoms with Gasteiger partial charge in [-0.2, -0.15) is 0 Å². The minimum absolute atomic E-state index is 0.156. The number of nitrogens with one attached hydrogen (secondary N) is 2. The van der Waals surface area contributed by atoms with E-state index >= 15 is 0 Å². The molecule has 4 rings (SSSR count). The minimum Gasteiger partial charge on any atom is -0.349 e. The average Bonchev–Trinajstić information content (AvgIpc) is 3.22. The van der Waals surface area contributed by atoms with Crippen molar-refractivity contribution in [1.29, 1.82) is 0 Å². The van der Waals surface area contributed by atoms with Gasteiger partial charge in [-0.1, -0.05) is 35.3 Å². The van der Waals surface area contributed by atoms with Crippen LogP contribution in [0, 0.1) is 5.92 Å². The molecule has 2 saturated carbocycles. The zero-order valence-electron chi connectivity index (χ0n) is 15.8. The summed E-state index contributed by atoms with van der Waals surface area (Å²) in [4.78, 5) is 25.5. The van der Waals surface area contributed by atoms with Crippen LogP contribution in [-0.2, 0) is 4.79 Å². The van der Waals surface area contributed by atoms with Crippen molar-refractivity contribution in [3.63, 3.8) is 0 Å². The van der Waals surface area contributed by atoms with Crippen molar-refractivity contribution in [2.75, 3.05) is 5.32 Å². The van der Waals surface area contributed by atoms with Crippen molar-refractivity contribution in [1.82, 2.24) is 5.32 Å². The van der Waals surface area contributed by atoms with Gasteiger partial charge in [-0.15, -0.1) is 23.2 Å². The summed E-state index contributed by atoms with van der Waals surface area (Å²) in [6.45, 7) is 0. The highest BCUT2D eigenvalue weighted by molar-refractivity contribution is 6.53. The smallest absolute Gasteiger partial charge is 0.253 e. The lowest BCUT2D eigenvalue weighted by atomic mass is 9.88. The number of carbonyl (C=O) groups is 2. The maximum atomic E-state index is 13.0. The Labute approximate surface area is 197 Å². The topological polar surface area (TPSA) is 58.2 Å². The molecule has 2 N–H and O–H groups in total. The molecule has 0 spiro atoms. The largest absolute Gasteiger partial charge is 0.349 e. The lowest BCUT2D eigenvalue weighted by Gasteiger charge is -2.35. The molecule has 2 aliphatic carbocycles. The summed E-state index contributed by atoms with van der Waals surface area (Å²) in [6.07, 6.45) is -0.805. The molecule has 164 valence electrons. The van der Waals surface area contributed by atoms with Crippen LogP contribution in [0.1, 0.15) is 34.7 Å². The fourth-order valence-corrected chi connectivity index (χ4v) is 5.22. The van der Waals surface area contributed by atoms with E-state index in [9.17, 15) is 18.4 Å². The van der Waals surface area contributed by atoms with Crippen molar-refractivity contribution >= 4 is 63.9 Å².